The largest absolute Gasteiger partial charge is 0.476 e. The van der Waals surface area contributed by atoms with Gasteiger partial charge in [0.05, 0.1) is 19.0 Å². The maximum Gasteiger partial charge on any atom is 0.234 e. The number of hydrogen-bond donors (Lipinski definition) is 1. The minimum absolute atomic E-state index is 0.228. The van der Waals surface area contributed by atoms with Gasteiger partial charge >= 0.3 is 0 Å². The van der Waals surface area contributed by atoms with E-state index in [4.69, 9.17) is 9.57 Å². The van der Waals surface area contributed by atoms with E-state index in [-0.39, 0.29) is 6.10 Å². The molecule has 0 bridgehead atoms. The van der Waals surface area contributed by atoms with Gasteiger partial charge in [0.1, 0.15) is 6.10 Å². The minimum Gasteiger partial charge on any atom is -0.476 e. The summed E-state index contributed by atoms with van der Waals surface area (Å²) in [7, 11) is 4.24. The highest BCUT2D eigenvalue weighted by atomic mass is 16.7. The van der Waals surface area contributed by atoms with E-state index in [0.29, 0.717) is 6.04 Å². The fourth-order valence-corrected chi connectivity index (χ4v) is 2.65. The SMILES string of the molecule is CCCCOC1=CNC=CN1OC1CCCC1N(C)C. The summed E-state index contributed by atoms with van der Waals surface area (Å²) in [6.07, 6.45) is 11.5. The molecule has 2 unspecified atom stereocenters. The second-order valence-corrected chi connectivity index (χ2v) is 5.60. The predicted molar refractivity (Wildman–Crippen MR) is 79.3 cm³/mol. The Morgan fingerprint density at radius 1 is 1.40 bits per heavy atom. The fraction of sp³-hybridized carbons (Fsp3) is 0.733. The summed E-state index contributed by atoms with van der Waals surface area (Å²) in [5.41, 5.74) is 0. The summed E-state index contributed by atoms with van der Waals surface area (Å²) < 4.78 is 5.78. The second-order valence-electron chi connectivity index (χ2n) is 5.60. The number of hydroxylamine groups is 2. The summed E-state index contributed by atoms with van der Waals surface area (Å²) in [5, 5.41) is 4.81. The lowest BCUT2D eigenvalue weighted by Crippen LogP contribution is -2.40. The van der Waals surface area contributed by atoms with Gasteiger partial charge in [0.15, 0.2) is 0 Å². The molecule has 114 valence electrons. The first-order valence-electron chi connectivity index (χ1n) is 7.60. The first-order valence-corrected chi connectivity index (χ1v) is 7.60. The molecule has 2 atom stereocenters. The summed E-state index contributed by atoms with van der Waals surface area (Å²) in [5.74, 6) is 0.741. The van der Waals surface area contributed by atoms with Crippen molar-refractivity contribution in [3.8, 4) is 0 Å². The smallest absolute Gasteiger partial charge is 0.234 e. The number of rotatable bonds is 7. The zero-order chi connectivity index (χ0) is 14.4. The molecule has 0 spiro atoms. The molecule has 5 heteroatoms. The van der Waals surface area contributed by atoms with Crippen molar-refractivity contribution >= 4 is 0 Å². The lowest BCUT2D eigenvalue weighted by Gasteiger charge is -2.32. The van der Waals surface area contributed by atoms with Gasteiger partial charge in [-0.15, -0.1) is 0 Å². The molecule has 1 heterocycles. The highest BCUT2D eigenvalue weighted by Gasteiger charge is 2.32. The van der Waals surface area contributed by atoms with E-state index in [2.05, 4.69) is 31.2 Å². The molecule has 20 heavy (non-hydrogen) atoms. The number of ether oxygens (including phenoxy) is 1. The topological polar surface area (TPSA) is 37.0 Å². The lowest BCUT2D eigenvalue weighted by atomic mass is 10.2. The van der Waals surface area contributed by atoms with Crippen LogP contribution in [-0.4, -0.2) is 42.8 Å². The van der Waals surface area contributed by atoms with Crippen LogP contribution in [0.2, 0.25) is 0 Å². The van der Waals surface area contributed by atoms with Gasteiger partial charge in [0.2, 0.25) is 5.88 Å². The Balaban J connectivity index is 1.90. The summed E-state index contributed by atoms with van der Waals surface area (Å²) >= 11 is 0. The summed E-state index contributed by atoms with van der Waals surface area (Å²) in [4.78, 5) is 8.40. The zero-order valence-electron chi connectivity index (χ0n) is 12.8. The van der Waals surface area contributed by atoms with Gasteiger partial charge in [-0.1, -0.05) is 13.3 Å². The van der Waals surface area contributed by atoms with Crippen LogP contribution in [0.5, 0.6) is 0 Å². The quantitative estimate of drug-likeness (QED) is 0.725. The van der Waals surface area contributed by atoms with Crippen molar-refractivity contribution in [3.05, 3.63) is 24.5 Å². The molecule has 1 aliphatic heterocycles. The highest BCUT2D eigenvalue weighted by Crippen LogP contribution is 2.27. The molecule has 1 aliphatic carbocycles. The van der Waals surface area contributed by atoms with Crippen LogP contribution in [0, 0.1) is 0 Å². The van der Waals surface area contributed by atoms with E-state index in [1.54, 1.807) is 5.06 Å². The first kappa shape index (κ1) is 15.2. The molecule has 0 aromatic rings. The Bertz CT molecular complexity index is 355. The lowest BCUT2D eigenvalue weighted by molar-refractivity contribution is -0.182. The van der Waals surface area contributed by atoms with Crippen molar-refractivity contribution in [1.29, 1.82) is 0 Å². The Morgan fingerprint density at radius 3 is 3.00 bits per heavy atom. The third-order valence-corrected chi connectivity index (χ3v) is 3.81. The number of hydrogen-bond acceptors (Lipinski definition) is 5. The summed E-state index contributed by atoms with van der Waals surface area (Å²) in [6.45, 7) is 2.88. The van der Waals surface area contributed by atoms with Crippen molar-refractivity contribution in [1.82, 2.24) is 15.3 Å². The molecule has 0 saturated heterocycles. The molecule has 1 fully saturated rings. The Kier molecular flexibility index (Phi) is 5.73. The van der Waals surface area contributed by atoms with E-state index in [1.807, 2.05) is 18.6 Å². The van der Waals surface area contributed by atoms with E-state index in [1.165, 1.54) is 12.8 Å². The Labute approximate surface area is 122 Å². The minimum atomic E-state index is 0.228. The first-order chi connectivity index (χ1) is 9.72. The molecular weight excluding hydrogens is 254 g/mol. The van der Waals surface area contributed by atoms with Crippen molar-refractivity contribution in [2.45, 2.75) is 51.2 Å². The molecule has 1 saturated carbocycles. The average molecular weight is 281 g/mol. The van der Waals surface area contributed by atoms with Gasteiger partial charge < -0.3 is 15.0 Å². The maximum atomic E-state index is 6.14. The van der Waals surface area contributed by atoms with E-state index >= 15 is 0 Å². The van der Waals surface area contributed by atoms with Crippen LogP contribution in [-0.2, 0) is 9.57 Å². The van der Waals surface area contributed by atoms with E-state index < -0.39 is 0 Å². The zero-order valence-corrected chi connectivity index (χ0v) is 12.8. The van der Waals surface area contributed by atoms with Crippen molar-refractivity contribution in [2.75, 3.05) is 20.7 Å². The number of likely N-dealkylation sites (N-methyl/N-ethyl adjacent to an activating group) is 1. The van der Waals surface area contributed by atoms with Crippen LogP contribution < -0.4 is 5.32 Å². The number of unbranched alkanes of at least 4 members (excludes halogenated alkanes) is 1. The van der Waals surface area contributed by atoms with Crippen molar-refractivity contribution < 1.29 is 9.57 Å². The van der Waals surface area contributed by atoms with Gasteiger partial charge in [-0.05, 0) is 39.8 Å². The monoisotopic (exact) mass is 281 g/mol. The molecule has 0 amide bonds. The van der Waals surface area contributed by atoms with Crippen LogP contribution in [0.25, 0.3) is 0 Å². The third-order valence-electron chi connectivity index (χ3n) is 3.81. The molecule has 2 rings (SSSR count). The van der Waals surface area contributed by atoms with Crippen LogP contribution >= 0.6 is 0 Å². The molecule has 0 radical (unpaired) electrons. The Morgan fingerprint density at radius 2 is 2.25 bits per heavy atom. The number of nitrogens with one attached hydrogen (secondary N) is 1. The van der Waals surface area contributed by atoms with Crippen LogP contribution in [0.15, 0.2) is 24.5 Å². The second kappa shape index (κ2) is 7.55. The Hall–Kier alpha value is -1.20. The van der Waals surface area contributed by atoms with E-state index in [0.717, 1.165) is 31.8 Å². The van der Waals surface area contributed by atoms with Gasteiger partial charge in [-0.2, -0.15) is 5.06 Å². The molecule has 1 N–H and O–H groups in total. The molecule has 5 nitrogen and oxygen atoms in total. The summed E-state index contributed by atoms with van der Waals surface area (Å²) in [6, 6.07) is 0.482. The molecule has 0 aromatic heterocycles. The maximum absolute atomic E-state index is 6.14. The van der Waals surface area contributed by atoms with Crippen LogP contribution in [0.3, 0.4) is 0 Å². The molecule has 0 aromatic carbocycles. The van der Waals surface area contributed by atoms with Crippen LogP contribution in [0.4, 0.5) is 0 Å². The third kappa shape index (κ3) is 3.90. The predicted octanol–water partition coefficient (Wildman–Crippen LogP) is 2.39. The number of nitrogens with zero attached hydrogens (tertiary/aromatic N) is 2. The van der Waals surface area contributed by atoms with Crippen molar-refractivity contribution in [3.63, 3.8) is 0 Å². The molecular formula is C15H27N3O2. The van der Waals surface area contributed by atoms with Crippen LogP contribution in [0.1, 0.15) is 39.0 Å². The highest BCUT2D eigenvalue weighted by molar-refractivity contribution is 5.02. The van der Waals surface area contributed by atoms with Gasteiger partial charge in [0, 0.05) is 12.2 Å². The fourth-order valence-electron chi connectivity index (χ4n) is 2.65. The van der Waals surface area contributed by atoms with Gasteiger partial charge in [0.25, 0.3) is 0 Å². The standard InChI is InChI=1S/C15H27N3O2/c1-4-5-11-19-15-12-16-9-10-18(15)20-14-8-6-7-13(14)17(2)3/h9-10,12-14,16H,4-8,11H2,1-3H3. The van der Waals surface area contributed by atoms with E-state index in [9.17, 15) is 0 Å². The van der Waals surface area contributed by atoms with Crippen molar-refractivity contribution in [2.24, 2.45) is 0 Å². The molecule has 2 aliphatic rings. The van der Waals surface area contributed by atoms with Gasteiger partial charge in [-0.25, -0.2) is 0 Å². The van der Waals surface area contributed by atoms with Gasteiger partial charge in [-0.3, -0.25) is 4.84 Å². The average Bonchev–Trinajstić information content (AvgIpc) is 2.89. The normalized spacial score (nSPS) is 25.8.